The summed E-state index contributed by atoms with van der Waals surface area (Å²) in [5.41, 5.74) is 8.20. The van der Waals surface area contributed by atoms with E-state index in [0.29, 0.717) is 43.2 Å². The molecule has 23 heavy (non-hydrogen) atoms. The molecule has 0 spiro atoms. The summed E-state index contributed by atoms with van der Waals surface area (Å²) in [5.74, 6) is 6.88. The number of rotatable bonds is 4. The molecule has 0 unspecified atom stereocenters. The van der Waals surface area contributed by atoms with Crippen LogP contribution in [0.1, 0.15) is 18.4 Å². The summed E-state index contributed by atoms with van der Waals surface area (Å²) >= 11 is 0. The van der Waals surface area contributed by atoms with Crippen LogP contribution in [-0.4, -0.2) is 44.5 Å². The highest BCUT2D eigenvalue weighted by atomic mass is 19.1. The molecule has 0 atom stereocenters. The predicted octanol–water partition coefficient (Wildman–Crippen LogP) is 0.845. The predicted molar refractivity (Wildman–Crippen MR) is 87.8 cm³/mol. The van der Waals surface area contributed by atoms with E-state index in [9.17, 15) is 4.39 Å². The molecule has 2 aliphatic heterocycles. The minimum atomic E-state index is -0.234. The fourth-order valence-electron chi connectivity index (χ4n) is 3.70. The second-order valence-electron chi connectivity index (χ2n) is 6.84. The average molecular weight is 321 g/mol. The molecule has 1 aromatic rings. The van der Waals surface area contributed by atoms with Crippen LogP contribution in [0, 0.1) is 11.7 Å². The number of benzene rings is 1. The Morgan fingerprint density at radius 3 is 2.65 bits per heavy atom. The maximum absolute atomic E-state index is 14.8. The zero-order valence-corrected chi connectivity index (χ0v) is 13.5. The van der Waals surface area contributed by atoms with Crippen LogP contribution >= 0.6 is 0 Å². The number of nitrogens with two attached hydrogens (primary N) is 2. The van der Waals surface area contributed by atoms with Crippen LogP contribution in [0.3, 0.4) is 0 Å². The van der Waals surface area contributed by atoms with E-state index in [2.05, 4.69) is 4.90 Å². The van der Waals surface area contributed by atoms with Gasteiger partial charge in [0, 0.05) is 31.6 Å². The van der Waals surface area contributed by atoms with Crippen LogP contribution in [0.15, 0.2) is 6.07 Å². The normalized spacial score (nSPS) is 22.1. The molecule has 7 heteroatoms. The van der Waals surface area contributed by atoms with E-state index < -0.39 is 0 Å². The Hall–Kier alpha value is -1.57. The van der Waals surface area contributed by atoms with Crippen molar-refractivity contribution >= 4 is 11.4 Å². The van der Waals surface area contributed by atoms with Crippen molar-refractivity contribution in [2.75, 3.05) is 43.2 Å². The van der Waals surface area contributed by atoms with Crippen molar-refractivity contribution in [1.82, 2.24) is 5.01 Å². The molecule has 4 N–H and O–H groups in total. The first-order valence-corrected chi connectivity index (χ1v) is 8.23. The zero-order chi connectivity index (χ0) is 16.1. The topological polar surface area (TPSA) is 71.0 Å². The van der Waals surface area contributed by atoms with Gasteiger partial charge in [0.05, 0.1) is 19.5 Å². The Kier molecular flexibility index (Phi) is 3.59. The Balaban J connectivity index is 1.77. The van der Waals surface area contributed by atoms with Crippen molar-refractivity contribution in [2.24, 2.45) is 17.5 Å². The average Bonchev–Trinajstić information content (AvgIpc) is 3.30. The van der Waals surface area contributed by atoms with Gasteiger partial charge >= 0.3 is 0 Å². The van der Waals surface area contributed by atoms with Crippen LogP contribution in [0.4, 0.5) is 15.8 Å². The SMILES string of the molecule is COc1c(N2CC(CN)C2)c(F)cc2c1N(C1CC1)CN(N)C2. The number of halogens is 1. The lowest BCUT2D eigenvalue weighted by Gasteiger charge is -2.43. The van der Waals surface area contributed by atoms with Gasteiger partial charge in [-0.3, -0.25) is 5.84 Å². The molecule has 1 saturated carbocycles. The fourth-order valence-corrected chi connectivity index (χ4v) is 3.70. The van der Waals surface area contributed by atoms with Crippen molar-refractivity contribution in [3.63, 3.8) is 0 Å². The third-order valence-electron chi connectivity index (χ3n) is 5.05. The molecular weight excluding hydrogens is 297 g/mol. The van der Waals surface area contributed by atoms with Gasteiger partial charge in [-0.25, -0.2) is 9.40 Å². The molecule has 2 fully saturated rings. The van der Waals surface area contributed by atoms with E-state index >= 15 is 0 Å². The number of hydrogen-bond donors (Lipinski definition) is 2. The smallest absolute Gasteiger partial charge is 0.168 e. The molecule has 1 aromatic carbocycles. The first kappa shape index (κ1) is 15.0. The Morgan fingerprint density at radius 1 is 1.30 bits per heavy atom. The summed E-state index contributed by atoms with van der Waals surface area (Å²) in [7, 11) is 1.62. The summed E-state index contributed by atoms with van der Waals surface area (Å²) in [6.45, 7) is 3.41. The van der Waals surface area contributed by atoms with Gasteiger partial charge < -0.3 is 20.3 Å². The van der Waals surface area contributed by atoms with Gasteiger partial charge in [0.25, 0.3) is 0 Å². The first-order valence-electron chi connectivity index (χ1n) is 8.23. The van der Waals surface area contributed by atoms with Crippen LogP contribution in [0.2, 0.25) is 0 Å². The van der Waals surface area contributed by atoms with Gasteiger partial charge in [0.1, 0.15) is 5.69 Å². The molecule has 4 rings (SSSR count). The number of hydrogen-bond acceptors (Lipinski definition) is 6. The molecular formula is C16H24FN5O. The van der Waals surface area contributed by atoms with Crippen LogP contribution in [0.5, 0.6) is 5.75 Å². The Labute approximate surface area is 135 Å². The van der Waals surface area contributed by atoms with Crippen LogP contribution in [0.25, 0.3) is 0 Å². The minimum absolute atomic E-state index is 0.234. The molecule has 0 bridgehead atoms. The van der Waals surface area contributed by atoms with Gasteiger partial charge in [-0.2, -0.15) is 0 Å². The number of ether oxygens (including phenoxy) is 1. The van der Waals surface area contributed by atoms with Crippen molar-refractivity contribution < 1.29 is 9.13 Å². The van der Waals surface area contributed by atoms with Gasteiger partial charge in [0.15, 0.2) is 11.6 Å². The first-order chi connectivity index (χ1) is 11.1. The van der Waals surface area contributed by atoms with E-state index in [-0.39, 0.29) is 5.82 Å². The zero-order valence-electron chi connectivity index (χ0n) is 13.5. The molecule has 6 nitrogen and oxygen atoms in total. The maximum atomic E-state index is 14.8. The Morgan fingerprint density at radius 2 is 2.04 bits per heavy atom. The number of nitrogens with zero attached hydrogens (tertiary/aromatic N) is 3. The quantitative estimate of drug-likeness (QED) is 0.801. The Bertz CT molecular complexity index is 615. The fraction of sp³-hybridized carbons (Fsp3) is 0.625. The van der Waals surface area contributed by atoms with Crippen molar-refractivity contribution in [2.45, 2.75) is 25.4 Å². The second-order valence-corrected chi connectivity index (χ2v) is 6.84. The third kappa shape index (κ3) is 2.43. The summed E-state index contributed by atoms with van der Waals surface area (Å²) in [6, 6.07) is 2.11. The van der Waals surface area contributed by atoms with E-state index in [0.717, 1.165) is 37.2 Å². The van der Waals surface area contributed by atoms with Gasteiger partial charge in [-0.1, -0.05) is 0 Å². The highest BCUT2D eigenvalue weighted by molar-refractivity contribution is 5.78. The molecule has 1 aliphatic carbocycles. The second kappa shape index (κ2) is 5.51. The summed E-state index contributed by atoms with van der Waals surface area (Å²) in [6.07, 6.45) is 2.31. The molecule has 3 aliphatic rings. The number of methoxy groups -OCH3 is 1. The molecule has 126 valence electrons. The molecule has 0 amide bonds. The summed E-state index contributed by atoms with van der Waals surface area (Å²) in [4.78, 5) is 4.30. The highest BCUT2D eigenvalue weighted by Gasteiger charge is 2.39. The largest absolute Gasteiger partial charge is 0.492 e. The lowest BCUT2D eigenvalue weighted by molar-refractivity contribution is 0.255. The summed E-state index contributed by atoms with van der Waals surface area (Å²) < 4.78 is 20.4. The van der Waals surface area contributed by atoms with Crippen molar-refractivity contribution in [3.05, 3.63) is 17.4 Å². The molecule has 1 saturated heterocycles. The maximum Gasteiger partial charge on any atom is 0.168 e. The number of hydrazine groups is 1. The highest BCUT2D eigenvalue weighted by Crippen LogP contribution is 2.48. The lowest BCUT2D eigenvalue weighted by Crippen LogP contribution is -2.51. The molecule has 0 aromatic heterocycles. The number of fused-ring (bicyclic) bond motifs is 1. The van der Waals surface area contributed by atoms with Gasteiger partial charge in [-0.15, -0.1) is 0 Å². The van der Waals surface area contributed by atoms with Gasteiger partial charge in [-0.05, 0) is 31.0 Å². The third-order valence-corrected chi connectivity index (χ3v) is 5.05. The van der Waals surface area contributed by atoms with Gasteiger partial charge in [0.2, 0.25) is 0 Å². The number of anilines is 2. The minimum Gasteiger partial charge on any atom is -0.492 e. The van der Waals surface area contributed by atoms with Crippen molar-refractivity contribution in [1.29, 1.82) is 0 Å². The van der Waals surface area contributed by atoms with E-state index in [1.807, 2.05) is 4.90 Å². The van der Waals surface area contributed by atoms with Crippen LogP contribution in [-0.2, 0) is 6.54 Å². The standard InChI is InChI=1S/C16H24FN5O/c1-23-16-14-11(8-21(19)9-22(14)12-2-3-12)4-13(17)15(16)20-6-10(5-18)7-20/h4,10,12H,2-3,5-9,18-19H2,1H3. The van der Waals surface area contributed by atoms with Crippen LogP contribution < -0.4 is 26.1 Å². The summed E-state index contributed by atoms with van der Waals surface area (Å²) in [5, 5.41) is 1.73. The van der Waals surface area contributed by atoms with E-state index in [1.165, 1.54) is 0 Å². The monoisotopic (exact) mass is 321 g/mol. The van der Waals surface area contributed by atoms with Crippen molar-refractivity contribution in [3.8, 4) is 5.75 Å². The van der Waals surface area contributed by atoms with E-state index in [4.69, 9.17) is 16.3 Å². The lowest BCUT2D eigenvalue weighted by atomic mass is 9.97. The molecule has 2 heterocycles. The molecule has 0 radical (unpaired) electrons. The van der Waals surface area contributed by atoms with E-state index in [1.54, 1.807) is 18.2 Å².